The van der Waals surface area contributed by atoms with Gasteiger partial charge in [0.25, 0.3) is 11.9 Å². The first-order valence-electron chi connectivity index (χ1n) is 6.48. The highest BCUT2D eigenvalue weighted by molar-refractivity contribution is 7.15. The summed E-state index contributed by atoms with van der Waals surface area (Å²) in [4.78, 5) is 16.9. The summed E-state index contributed by atoms with van der Waals surface area (Å²) in [5.41, 5.74) is 3.16. The lowest BCUT2D eigenvalue weighted by Crippen LogP contribution is -2.09. The molecule has 1 aromatic carbocycles. The first-order valence-corrected chi connectivity index (χ1v) is 7.36. The van der Waals surface area contributed by atoms with Crippen molar-refractivity contribution in [1.29, 1.82) is 0 Å². The minimum absolute atomic E-state index is 0.244. The summed E-state index contributed by atoms with van der Waals surface area (Å²) in [6.07, 6.45) is 3.24. The minimum atomic E-state index is -0.244. The lowest BCUT2D eigenvalue weighted by molar-refractivity contribution is -0.111. The molecule has 2 heterocycles. The van der Waals surface area contributed by atoms with Crippen molar-refractivity contribution in [2.45, 2.75) is 13.8 Å². The molecular weight excluding hydrogens is 284 g/mol. The van der Waals surface area contributed by atoms with Crippen LogP contribution < -0.4 is 5.32 Å². The number of carbonyl (C=O) groups excluding carboxylic acids is 1. The van der Waals surface area contributed by atoms with Crippen molar-refractivity contribution < 1.29 is 4.79 Å². The van der Waals surface area contributed by atoms with Gasteiger partial charge in [-0.15, -0.1) is 16.4 Å². The molecule has 3 aromatic rings. The lowest BCUT2D eigenvalue weighted by Gasteiger charge is -1.96. The van der Waals surface area contributed by atoms with Gasteiger partial charge < -0.3 is 0 Å². The highest BCUT2D eigenvalue weighted by atomic mass is 32.1. The fraction of sp³-hybridized carbons (Fsp3) is 0.133. The molecule has 6 heteroatoms. The normalized spacial score (nSPS) is 11.3. The highest BCUT2D eigenvalue weighted by Gasteiger charge is 2.08. The Kier molecular flexibility index (Phi) is 3.53. The van der Waals surface area contributed by atoms with E-state index in [9.17, 15) is 4.79 Å². The van der Waals surface area contributed by atoms with Crippen LogP contribution in [0.2, 0.25) is 0 Å². The topological polar surface area (TPSA) is 59.3 Å². The van der Waals surface area contributed by atoms with Crippen LogP contribution >= 0.6 is 11.3 Å². The number of amides is 1. The molecule has 21 heavy (non-hydrogen) atoms. The zero-order valence-corrected chi connectivity index (χ0v) is 12.5. The second-order valence-corrected chi connectivity index (χ2v) is 5.58. The predicted molar refractivity (Wildman–Crippen MR) is 84.4 cm³/mol. The number of thiazole rings is 1. The number of nitrogens with one attached hydrogen (secondary N) is 1. The molecule has 2 aromatic heterocycles. The molecule has 0 aliphatic rings. The van der Waals surface area contributed by atoms with Gasteiger partial charge in [0, 0.05) is 11.5 Å². The monoisotopic (exact) mass is 298 g/mol. The summed E-state index contributed by atoms with van der Waals surface area (Å²) in [6, 6.07) is 7.94. The fourth-order valence-electron chi connectivity index (χ4n) is 1.85. The van der Waals surface area contributed by atoms with Crippen molar-refractivity contribution in [2.24, 2.45) is 0 Å². The molecule has 0 saturated carbocycles. The van der Waals surface area contributed by atoms with Crippen molar-refractivity contribution in [3.05, 3.63) is 52.5 Å². The van der Waals surface area contributed by atoms with Crippen molar-refractivity contribution in [3.8, 4) is 0 Å². The van der Waals surface area contributed by atoms with Gasteiger partial charge in [-0.3, -0.25) is 10.1 Å². The smallest absolute Gasteiger partial charge is 0.250 e. The Labute approximate surface area is 126 Å². The molecule has 106 valence electrons. The summed E-state index contributed by atoms with van der Waals surface area (Å²) < 4.78 is 1.71. The number of anilines is 1. The summed E-state index contributed by atoms with van der Waals surface area (Å²) in [5.74, 6) is 0.0787. The van der Waals surface area contributed by atoms with Crippen molar-refractivity contribution in [1.82, 2.24) is 14.6 Å². The molecule has 0 unspecified atom stereocenters. The van der Waals surface area contributed by atoms with Crippen molar-refractivity contribution in [2.75, 3.05) is 5.32 Å². The number of carbonyl (C=O) groups is 1. The third kappa shape index (κ3) is 3.00. The van der Waals surface area contributed by atoms with E-state index in [0.717, 1.165) is 16.2 Å². The van der Waals surface area contributed by atoms with Gasteiger partial charge in [-0.2, -0.15) is 4.98 Å². The molecule has 0 atom stereocenters. The Balaban J connectivity index is 1.69. The molecule has 0 saturated heterocycles. The Hall–Kier alpha value is -2.47. The standard InChI is InChI=1S/C15H14N4OS/c1-10-3-5-12(6-4-10)7-8-13(20)16-14-17-15-19(18-14)11(2)9-21-15/h3-9H,1-2H3,(H,16,18,20)/b8-7+. The average Bonchev–Trinajstić information content (AvgIpc) is 3.00. The molecule has 0 radical (unpaired) electrons. The van der Waals surface area contributed by atoms with Crippen LogP contribution in [0.1, 0.15) is 16.8 Å². The molecule has 0 bridgehead atoms. The molecule has 5 nitrogen and oxygen atoms in total. The Bertz CT molecular complexity index is 814. The van der Waals surface area contributed by atoms with E-state index < -0.39 is 0 Å². The maximum absolute atomic E-state index is 11.9. The van der Waals surface area contributed by atoms with E-state index in [-0.39, 0.29) is 5.91 Å². The number of aryl methyl sites for hydroxylation is 2. The molecule has 3 rings (SSSR count). The van der Waals surface area contributed by atoms with Gasteiger partial charge in [0.1, 0.15) is 0 Å². The van der Waals surface area contributed by atoms with Gasteiger partial charge in [-0.05, 0) is 25.5 Å². The molecule has 1 N–H and O–H groups in total. The maximum Gasteiger partial charge on any atom is 0.250 e. The van der Waals surface area contributed by atoms with Gasteiger partial charge in [-0.1, -0.05) is 29.8 Å². The molecule has 0 fully saturated rings. The number of hydrogen-bond acceptors (Lipinski definition) is 4. The lowest BCUT2D eigenvalue weighted by atomic mass is 10.1. The van der Waals surface area contributed by atoms with Crippen LogP contribution in [0, 0.1) is 13.8 Å². The van der Waals surface area contributed by atoms with Gasteiger partial charge >= 0.3 is 0 Å². The van der Waals surface area contributed by atoms with E-state index >= 15 is 0 Å². The van der Waals surface area contributed by atoms with Gasteiger partial charge in [-0.25, -0.2) is 4.52 Å². The quantitative estimate of drug-likeness (QED) is 0.756. The molecular formula is C15H14N4OS. The zero-order valence-electron chi connectivity index (χ0n) is 11.7. The maximum atomic E-state index is 11.9. The number of nitrogens with zero attached hydrogens (tertiary/aromatic N) is 3. The summed E-state index contributed by atoms with van der Waals surface area (Å²) in [5, 5.41) is 8.86. The Morgan fingerprint density at radius 2 is 2.05 bits per heavy atom. The molecule has 0 aliphatic carbocycles. The summed E-state index contributed by atoms with van der Waals surface area (Å²) >= 11 is 1.49. The van der Waals surface area contributed by atoms with E-state index in [1.54, 1.807) is 10.6 Å². The van der Waals surface area contributed by atoms with E-state index in [4.69, 9.17) is 0 Å². The van der Waals surface area contributed by atoms with Crippen LogP contribution in [0.5, 0.6) is 0 Å². The van der Waals surface area contributed by atoms with Crippen LogP contribution in [0.25, 0.3) is 11.0 Å². The van der Waals surface area contributed by atoms with Crippen LogP contribution in [0.4, 0.5) is 5.95 Å². The SMILES string of the molecule is Cc1ccc(/C=C/C(=O)Nc2nc3scc(C)n3n2)cc1. The van der Waals surface area contributed by atoms with Crippen LogP contribution in [0.15, 0.2) is 35.7 Å². The number of aromatic nitrogens is 3. The Morgan fingerprint density at radius 1 is 1.29 bits per heavy atom. The third-order valence-electron chi connectivity index (χ3n) is 2.99. The summed E-state index contributed by atoms with van der Waals surface area (Å²) in [7, 11) is 0. The van der Waals surface area contributed by atoms with E-state index in [2.05, 4.69) is 15.4 Å². The second-order valence-electron chi connectivity index (χ2n) is 4.74. The first kappa shape index (κ1) is 13.5. The van der Waals surface area contributed by atoms with Crippen LogP contribution in [-0.2, 0) is 4.79 Å². The Morgan fingerprint density at radius 3 is 2.76 bits per heavy atom. The first-order chi connectivity index (χ1) is 10.1. The highest BCUT2D eigenvalue weighted by Crippen LogP contribution is 2.15. The van der Waals surface area contributed by atoms with E-state index in [0.29, 0.717) is 5.95 Å². The predicted octanol–water partition coefficient (Wildman–Crippen LogP) is 3.06. The van der Waals surface area contributed by atoms with Crippen LogP contribution in [0.3, 0.4) is 0 Å². The fourth-order valence-corrected chi connectivity index (χ4v) is 2.65. The number of rotatable bonds is 3. The van der Waals surface area contributed by atoms with Crippen molar-refractivity contribution in [3.63, 3.8) is 0 Å². The van der Waals surface area contributed by atoms with E-state index in [1.165, 1.54) is 23.0 Å². The second kappa shape index (κ2) is 5.49. The van der Waals surface area contributed by atoms with Gasteiger partial charge in [0.05, 0.1) is 5.69 Å². The number of hydrogen-bond donors (Lipinski definition) is 1. The summed E-state index contributed by atoms with van der Waals surface area (Å²) in [6.45, 7) is 3.97. The van der Waals surface area contributed by atoms with Gasteiger partial charge in [0.15, 0.2) is 0 Å². The molecule has 0 aliphatic heterocycles. The average molecular weight is 298 g/mol. The van der Waals surface area contributed by atoms with E-state index in [1.807, 2.05) is 43.5 Å². The van der Waals surface area contributed by atoms with Crippen molar-refractivity contribution >= 4 is 34.2 Å². The minimum Gasteiger partial charge on any atom is -0.290 e. The van der Waals surface area contributed by atoms with Gasteiger partial charge in [0.2, 0.25) is 4.96 Å². The third-order valence-corrected chi connectivity index (χ3v) is 3.92. The molecule has 1 amide bonds. The van der Waals surface area contributed by atoms with Crippen LogP contribution in [-0.4, -0.2) is 20.5 Å². The number of fused-ring (bicyclic) bond motifs is 1. The zero-order chi connectivity index (χ0) is 14.8. The largest absolute Gasteiger partial charge is 0.290 e. The molecule has 0 spiro atoms. The number of benzene rings is 1.